The molecule has 1 aliphatic heterocycles. The molecule has 0 saturated carbocycles. The van der Waals surface area contributed by atoms with E-state index in [2.05, 4.69) is 20.9 Å². The molecule has 0 radical (unpaired) electrons. The molecule has 1 fully saturated rings. The first-order valence-corrected chi connectivity index (χ1v) is 9.76. The van der Waals surface area contributed by atoms with Crippen LogP contribution in [0.5, 0.6) is 0 Å². The molecule has 1 aliphatic rings. The lowest BCUT2D eigenvalue weighted by atomic mass is 9.94. The van der Waals surface area contributed by atoms with Crippen LogP contribution in [0.2, 0.25) is 5.02 Å². The molecule has 2 aromatic rings. The number of amides is 1. The Kier molecular flexibility index (Phi) is 5.98. The van der Waals surface area contributed by atoms with Gasteiger partial charge in [0.05, 0.1) is 40.9 Å². The lowest BCUT2D eigenvalue weighted by Crippen LogP contribution is -2.51. The molecule has 3 rings (SSSR count). The molecule has 2 heterocycles. The number of aliphatic hydroxyl groups is 1. The maximum atomic E-state index is 12.6. The van der Waals surface area contributed by atoms with Crippen LogP contribution in [0, 0.1) is 0 Å². The van der Waals surface area contributed by atoms with Crippen LogP contribution >= 0.6 is 27.5 Å². The highest BCUT2D eigenvalue weighted by molar-refractivity contribution is 9.10. The van der Waals surface area contributed by atoms with Crippen molar-refractivity contribution in [1.82, 2.24) is 14.5 Å². The van der Waals surface area contributed by atoms with Gasteiger partial charge in [0.2, 0.25) is 5.91 Å². The number of hydrogen-bond donors (Lipinski definition) is 1. The van der Waals surface area contributed by atoms with E-state index in [-0.39, 0.29) is 30.2 Å². The number of benzene rings is 1. The third-order valence-electron chi connectivity index (χ3n) is 4.80. The molecule has 0 bridgehead atoms. The maximum absolute atomic E-state index is 12.6. The summed E-state index contributed by atoms with van der Waals surface area (Å²) in [5.41, 5.74) is 0.112. The lowest BCUT2D eigenvalue weighted by molar-refractivity contribution is -0.138. The van der Waals surface area contributed by atoms with Crippen molar-refractivity contribution < 1.29 is 14.7 Å². The SMILES string of the molecule is CC(=O)N1CCCC(O)C1CC(=O)Cn1cnc2cc(Br)c(Cl)cc2c1=O. The molecule has 1 amide bonds. The van der Waals surface area contributed by atoms with Crippen molar-refractivity contribution in [3.63, 3.8) is 0 Å². The summed E-state index contributed by atoms with van der Waals surface area (Å²) in [4.78, 5) is 42.7. The summed E-state index contributed by atoms with van der Waals surface area (Å²) >= 11 is 9.34. The minimum atomic E-state index is -0.741. The van der Waals surface area contributed by atoms with Gasteiger partial charge in [0, 0.05) is 24.4 Å². The first-order valence-electron chi connectivity index (χ1n) is 8.59. The molecule has 1 saturated heterocycles. The first kappa shape index (κ1) is 20.0. The summed E-state index contributed by atoms with van der Waals surface area (Å²) in [6.45, 7) is 1.77. The summed E-state index contributed by atoms with van der Waals surface area (Å²) in [6, 6.07) is 2.60. The molecule has 7 nitrogen and oxygen atoms in total. The number of Topliss-reactive ketones (excluding diaryl/α,β-unsaturated/α-hetero) is 1. The summed E-state index contributed by atoms with van der Waals surface area (Å²) in [5.74, 6) is -0.421. The Bertz CT molecular complexity index is 962. The molecule has 2 unspecified atom stereocenters. The lowest BCUT2D eigenvalue weighted by Gasteiger charge is -2.38. The Hall–Kier alpha value is -1.77. The molecule has 1 aromatic carbocycles. The molecular weight excluding hydrogens is 438 g/mol. The second-order valence-corrected chi connectivity index (χ2v) is 7.95. The van der Waals surface area contributed by atoms with Gasteiger partial charge in [-0.1, -0.05) is 11.6 Å². The fourth-order valence-electron chi connectivity index (χ4n) is 3.43. The van der Waals surface area contributed by atoms with E-state index in [1.165, 1.54) is 28.8 Å². The number of fused-ring (bicyclic) bond motifs is 1. The van der Waals surface area contributed by atoms with E-state index < -0.39 is 12.1 Å². The van der Waals surface area contributed by atoms with Crippen molar-refractivity contribution in [1.29, 1.82) is 0 Å². The summed E-state index contributed by atoms with van der Waals surface area (Å²) in [5, 5.41) is 10.9. The Morgan fingerprint density at radius 1 is 1.41 bits per heavy atom. The highest BCUT2D eigenvalue weighted by Gasteiger charge is 2.33. The predicted octanol–water partition coefficient (Wildman–Crippen LogP) is 2.14. The number of aromatic nitrogens is 2. The molecule has 0 aliphatic carbocycles. The summed E-state index contributed by atoms with van der Waals surface area (Å²) in [6.07, 6.45) is 1.83. The number of rotatable bonds is 4. The summed E-state index contributed by atoms with van der Waals surface area (Å²) < 4.78 is 1.86. The minimum absolute atomic E-state index is 0.00762. The van der Waals surface area contributed by atoms with Crippen molar-refractivity contribution in [3.05, 3.63) is 38.3 Å². The van der Waals surface area contributed by atoms with Crippen molar-refractivity contribution in [2.24, 2.45) is 0 Å². The number of carbonyl (C=O) groups excluding carboxylic acids is 2. The van der Waals surface area contributed by atoms with Crippen LogP contribution in [-0.4, -0.2) is 49.9 Å². The third kappa shape index (κ3) is 4.23. The Balaban J connectivity index is 1.81. The average molecular weight is 457 g/mol. The monoisotopic (exact) mass is 455 g/mol. The van der Waals surface area contributed by atoms with E-state index in [4.69, 9.17) is 11.6 Å². The van der Waals surface area contributed by atoms with E-state index in [1.54, 1.807) is 6.07 Å². The van der Waals surface area contributed by atoms with Crippen molar-refractivity contribution in [2.75, 3.05) is 6.54 Å². The van der Waals surface area contributed by atoms with Crippen LogP contribution in [0.15, 0.2) is 27.7 Å². The number of carbonyl (C=O) groups is 2. The zero-order chi connectivity index (χ0) is 19.7. The fraction of sp³-hybridized carbons (Fsp3) is 0.444. The number of halogens is 2. The van der Waals surface area contributed by atoms with Gasteiger partial charge in [-0.25, -0.2) is 4.98 Å². The average Bonchev–Trinajstić information content (AvgIpc) is 2.61. The summed E-state index contributed by atoms with van der Waals surface area (Å²) in [7, 11) is 0. The Morgan fingerprint density at radius 3 is 2.85 bits per heavy atom. The van der Waals surface area contributed by atoms with Gasteiger partial charge in [0.15, 0.2) is 5.78 Å². The molecule has 0 spiro atoms. The Morgan fingerprint density at radius 2 is 2.15 bits per heavy atom. The molecule has 144 valence electrons. The van der Waals surface area contributed by atoms with Gasteiger partial charge in [-0.3, -0.25) is 19.0 Å². The van der Waals surface area contributed by atoms with Crippen LogP contribution in [0.1, 0.15) is 26.2 Å². The van der Waals surface area contributed by atoms with E-state index in [9.17, 15) is 19.5 Å². The topological polar surface area (TPSA) is 92.5 Å². The third-order valence-corrected chi connectivity index (χ3v) is 5.99. The largest absolute Gasteiger partial charge is 0.391 e. The molecule has 27 heavy (non-hydrogen) atoms. The van der Waals surface area contributed by atoms with Crippen LogP contribution in [0.4, 0.5) is 0 Å². The van der Waals surface area contributed by atoms with Crippen LogP contribution in [-0.2, 0) is 16.1 Å². The van der Waals surface area contributed by atoms with Gasteiger partial charge in [-0.2, -0.15) is 0 Å². The second-order valence-electron chi connectivity index (χ2n) is 6.69. The highest BCUT2D eigenvalue weighted by atomic mass is 79.9. The number of nitrogens with zero attached hydrogens (tertiary/aromatic N) is 3. The van der Waals surface area contributed by atoms with Gasteiger partial charge in [0.25, 0.3) is 5.56 Å². The number of hydrogen-bond acceptors (Lipinski definition) is 5. The first-order chi connectivity index (χ1) is 12.8. The van der Waals surface area contributed by atoms with Gasteiger partial charge < -0.3 is 10.0 Å². The van der Waals surface area contributed by atoms with Crippen LogP contribution < -0.4 is 5.56 Å². The van der Waals surface area contributed by atoms with E-state index in [0.717, 1.165) is 0 Å². The second kappa shape index (κ2) is 8.08. The molecule has 1 aromatic heterocycles. The Labute approximate surface area is 169 Å². The number of aliphatic hydroxyl groups excluding tert-OH is 1. The van der Waals surface area contributed by atoms with E-state index in [0.29, 0.717) is 39.8 Å². The number of ketones is 1. The zero-order valence-corrected chi connectivity index (χ0v) is 17.0. The van der Waals surface area contributed by atoms with Crippen LogP contribution in [0.3, 0.4) is 0 Å². The van der Waals surface area contributed by atoms with Gasteiger partial charge in [0.1, 0.15) is 0 Å². The van der Waals surface area contributed by atoms with Crippen molar-refractivity contribution in [3.8, 4) is 0 Å². The molecule has 1 N–H and O–H groups in total. The smallest absolute Gasteiger partial charge is 0.261 e. The van der Waals surface area contributed by atoms with Crippen molar-refractivity contribution in [2.45, 2.75) is 44.9 Å². The molecule has 2 atom stereocenters. The zero-order valence-electron chi connectivity index (χ0n) is 14.7. The van der Waals surface area contributed by atoms with Gasteiger partial charge in [-0.15, -0.1) is 0 Å². The van der Waals surface area contributed by atoms with Crippen molar-refractivity contribution >= 4 is 50.1 Å². The van der Waals surface area contributed by atoms with Gasteiger partial charge in [-0.05, 0) is 40.9 Å². The maximum Gasteiger partial charge on any atom is 0.261 e. The normalized spacial score (nSPS) is 20.1. The molecule has 9 heteroatoms. The van der Waals surface area contributed by atoms with E-state index in [1.807, 2.05) is 0 Å². The number of piperidine rings is 1. The van der Waals surface area contributed by atoms with Crippen LogP contribution in [0.25, 0.3) is 10.9 Å². The highest BCUT2D eigenvalue weighted by Crippen LogP contribution is 2.25. The quantitative estimate of drug-likeness (QED) is 0.761. The van der Waals surface area contributed by atoms with E-state index >= 15 is 0 Å². The standard InChI is InChI=1S/C18H19BrClN3O4/c1-10(24)23-4-2-3-17(26)16(23)5-11(25)8-22-9-21-15-7-13(19)14(20)6-12(15)18(22)27/h6-7,9,16-17,26H,2-5,8H2,1H3. The van der Waals surface area contributed by atoms with Gasteiger partial charge >= 0.3 is 0 Å². The molecular formula is C18H19BrClN3O4. The predicted molar refractivity (Wildman–Crippen MR) is 105 cm³/mol. The minimum Gasteiger partial charge on any atom is -0.391 e. The number of likely N-dealkylation sites (tertiary alicyclic amines) is 1. The fourth-order valence-corrected chi connectivity index (χ4v) is 3.92.